The van der Waals surface area contributed by atoms with Crippen molar-refractivity contribution in [3.8, 4) is 0 Å². The summed E-state index contributed by atoms with van der Waals surface area (Å²) in [6.07, 6.45) is 0.432. The van der Waals surface area contributed by atoms with Crippen molar-refractivity contribution in [2.24, 2.45) is 0 Å². The molecule has 0 bridgehead atoms. The maximum absolute atomic E-state index is 13.4. The Hall–Kier alpha value is -2.35. The second-order valence-electron chi connectivity index (χ2n) is 4.45. The number of hydrogen-bond acceptors (Lipinski definition) is 5. The third-order valence-electron chi connectivity index (χ3n) is 2.98. The molecule has 0 saturated carbocycles. The second-order valence-corrected chi connectivity index (χ2v) is 5.40. The van der Waals surface area contributed by atoms with Crippen LogP contribution in [0, 0.1) is 12.7 Å². The van der Waals surface area contributed by atoms with Crippen LogP contribution in [0.1, 0.15) is 21.2 Å². The number of amides is 1. The van der Waals surface area contributed by atoms with Crippen LogP contribution < -0.4 is 5.32 Å². The molecule has 3 aromatic rings. The van der Waals surface area contributed by atoms with Gasteiger partial charge in [0.2, 0.25) is 9.97 Å². The Morgan fingerprint density at radius 3 is 2.95 bits per heavy atom. The fourth-order valence-corrected chi connectivity index (χ4v) is 2.70. The topological polar surface area (TPSA) is 72.2 Å². The molecular formula is C13H12FN5OS. The van der Waals surface area contributed by atoms with Crippen LogP contribution >= 0.6 is 11.3 Å². The Bertz CT molecular complexity index is 797. The number of rotatable bonds is 4. The van der Waals surface area contributed by atoms with Crippen molar-refractivity contribution in [1.29, 1.82) is 0 Å². The fourth-order valence-electron chi connectivity index (χ4n) is 1.89. The highest BCUT2D eigenvalue weighted by molar-refractivity contribution is 7.18. The molecule has 0 aliphatic carbocycles. The summed E-state index contributed by atoms with van der Waals surface area (Å²) < 4.78 is 15.0. The molecule has 0 aliphatic rings. The van der Waals surface area contributed by atoms with Crippen molar-refractivity contribution < 1.29 is 9.18 Å². The largest absolute Gasteiger partial charge is 0.350 e. The normalized spacial score (nSPS) is 11.0. The van der Waals surface area contributed by atoms with Gasteiger partial charge in [0.25, 0.3) is 5.91 Å². The number of aryl methyl sites for hydroxylation is 1. The maximum atomic E-state index is 13.4. The predicted octanol–water partition coefficient (Wildman–Crippen LogP) is 1.61. The van der Waals surface area contributed by atoms with Crippen molar-refractivity contribution in [2.45, 2.75) is 13.3 Å². The first-order valence-corrected chi connectivity index (χ1v) is 7.17. The SMILES string of the molecule is Cc1nnc2sc(C(=O)NCCc3ccccc3F)nn12. The predicted molar refractivity (Wildman–Crippen MR) is 75.8 cm³/mol. The number of aromatic nitrogens is 4. The first-order chi connectivity index (χ1) is 10.1. The van der Waals surface area contributed by atoms with Crippen LogP contribution in [-0.4, -0.2) is 32.3 Å². The molecule has 6 nitrogen and oxygen atoms in total. The molecule has 1 N–H and O–H groups in total. The van der Waals surface area contributed by atoms with Crippen LogP contribution in [0.5, 0.6) is 0 Å². The highest BCUT2D eigenvalue weighted by Gasteiger charge is 2.15. The van der Waals surface area contributed by atoms with Gasteiger partial charge in [-0.05, 0) is 25.0 Å². The zero-order valence-electron chi connectivity index (χ0n) is 11.2. The Morgan fingerprint density at radius 1 is 1.38 bits per heavy atom. The second kappa shape index (κ2) is 5.57. The Kier molecular flexibility index (Phi) is 3.61. The molecule has 0 saturated heterocycles. The molecule has 0 fully saturated rings. The number of carbonyl (C=O) groups is 1. The zero-order chi connectivity index (χ0) is 14.8. The van der Waals surface area contributed by atoms with Gasteiger partial charge >= 0.3 is 0 Å². The van der Waals surface area contributed by atoms with E-state index < -0.39 is 0 Å². The summed E-state index contributed by atoms with van der Waals surface area (Å²) in [6, 6.07) is 6.52. The number of benzene rings is 1. The van der Waals surface area contributed by atoms with E-state index in [1.165, 1.54) is 21.9 Å². The minimum Gasteiger partial charge on any atom is -0.350 e. The third-order valence-corrected chi connectivity index (χ3v) is 3.88. The number of halogens is 1. The van der Waals surface area contributed by atoms with Gasteiger partial charge in [-0.25, -0.2) is 4.39 Å². The van der Waals surface area contributed by atoms with Crippen LogP contribution in [0.2, 0.25) is 0 Å². The van der Waals surface area contributed by atoms with E-state index in [9.17, 15) is 9.18 Å². The van der Waals surface area contributed by atoms with E-state index in [0.717, 1.165) is 0 Å². The highest BCUT2D eigenvalue weighted by atomic mass is 32.1. The number of carbonyl (C=O) groups excluding carboxylic acids is 1. The average Bonchev–Trinajstić information content (AvgIpc) is 3.04. The van der Waals surface area contributed by atoms with Gasteiger partial charge < -0.3 is 5.32 Å². The molecule has 0 atom stereocenters. The van der Waals surface area contributed by atoms with Crippen LogP contribution in [-0.2, 0) is 6.42 Å². The zero-order valence-corrected chi connectivity index (χ0v) is 12.0. The third kappa shape index (κ3) is 2.75. The van der Waals surface area contributed by atoms with Crippen molar-refractivity contribution in [3.05, 3.63) is 46.5 Å². The molecule has 0 aliphatic heterocycles. The minimum atomic E-state index is -0.291. The van der Waals surface area contributed by atoms with E-state index in [1.54, 1.807) is 25.1 Å². The van der Waals surface area contributed by atoms with E-state index in [1.807, 2.05) is 0 Å². The van der Waals surface area contributed by atoms with Crippen LogP contribution in [0.15, 0.2) is 24.3 Å². The van der Waals surface area contributed by atoms with Gasteiger partial charge in [0.05, 0.1) is 0 Å². The van der Waals surface area contributed by atoms with Crippen molar-refractivity contribution in [1.82, 2.24) is 25.1 Å². The number of fused-ring (bicyclic) bond motifs is 1. The molecule has 0 spiro atoms. The molecule has 8 heteroatoms. The summed E-state index contributed by atoms with van der Waals surface area (Å²) in [5.74, 6) is 0.0778. The Labute approximate surface area is 123 Å². The summed E-state index contributed by atoms with van der Waals surface area (Å²) >= 11 is 1.17. The van der Waals surface area contributed by atoms with E-state index in [0.29, 0.717) is 34.3 Å². The standard InChI is InChI=1S/C13H12FN5OS/c1-8-16-17-13-19(8)18-12(21-13)11(20)15-7-6-9-4-2-3-5-10(9)14/h2-5H,6-7H2,1H3,(H,15,20). The summed E-state index contributed by atoms with van der Waals surface area (Å²) in [5.41, 5.74) is 0.576. The quantitative estimate of drug-likeness (QED) is 0.795. The summed E-state index contributed by atoms with van der Waals surface area (Å²) in [4.78, 5) is 12.6. The van der Waals surface area contributed by atoms with Crippen molar-refractivity contribution >= 4 is 22.2 Å². The molecule has 0 radical (unpaired) electrons. The van der Waals surface area contributed by atoms with Gasteiger partial charge in [-0.15, -0.1) is 15.3 Å². The summed E-state index contributed by atoms with van der Waals surface area (Å²) in [5, 5.41) is 14.9. The molecule has 2 aromatic heterocycles. The molecule has 0 unspecified atom stereocenters. The maximum Gasteiger partial charge on any atom is 0.282 e. The smallest absolute Gasteiger partial charge is 0.282 e. The first kappa shape index (κ1) is 13.6. The monoisotopic (exact) mass is 305 g/mol. The molecule has 21 heavy (non-hydrogen) atoms. The lowest BCUT2D eigenvalue weighted by Gasteiger charge is -2.04. The Balaban J connectivity index is 1.62. The van der Waals surface area contributed by atoms with Gasteiger partial charge in [0.15, 0.2) is 5.82 Å². The van der Waals surface area contributed by atoms with Gasteiger partial charge in [0, 0.05) is 6.54 Å². The van der Waals surface area contributed by atoms with E-state index in [2.05, 4.69) is 20.6 Å². The van der Waals surface area contributed by atoms with E-state index in [4.69, 9.17) is 0 Å². The summed E-state index contributed by atoms with van der Waals surface area (Å²) in [7, 11) is 0. The Morgan fingerprint density at radius 2 is 2.19 bits per heavy atom. The lowest BCUT2D eigenvalue weighted by atomic mass is 10.1. The van der Waals surface area contributed by atoms with Crippen LogP contribution in [0.25, 0.3) is 4.96 Å². The van der Waals surface area contributed by atoms with Crippen molar-refractivity contribution in [3.63, 3.8) is 0 Å². The van der Waals surface area contributed by atoms with Crippen LogP contribution in [0.4, 0.5) is 4.39 Å². The molecule has 108 valence electrons. The number of hydrogen-bond donors (Lipinski definition) is 1. The van der Waals surface area contributed by atoms with E-state index >= 15 is 0 Å². The molecule has 1 aromatic carbocycles. The number of nitrogens with zero attached hydrogens (tertiary/aromatic N) is 4. The summed E-state index contributed by atoms with van der Waals surface area (Å²) in [6.45, 7) is 2.11. The van der Waals surface area contributed by atoms with Gasteiger partial charge in [-0.3, -0.25) is 4.79 Å². The molecule has 3 rings (SSSR count). The van der Waals surface area contributed by atoms with Gasteiger partial charge in [0.1, 0.15) is 5.82 Å². The molecule has 2 heterocycles. The first-order valence-electron chi connectivity index (χ1n) is 6.35. The van der Waals surface area contributed by atoms with E-state index in [-0.39, 0.29) is 11.7 Å². The van der Waals surface area contributed by atoms with Crippen molar-refractivity contribution in [2.75, 3.05) is 6.54 Å². The molecule has 1 amide bonds. The van der Waals surface area contributed by atoms with Gasteiger partial charge in [-0.2, -0.15) is 4.52 Å². The van der Waals surface area contributed by atoms with Crippen LogP contribution in [0.3, 0.4) is 0 Å². The average molecular weight is 305 g/mol. The van der Waals surface area contributed by atoms with Gasteiger partial charge in [-0.1, -0.05) is 29.5 Å². The minimum absolute atomic E-state index is 0.263. The lowest BCUT2D eigenvalue weighted by Crippen LogP contribution is -2.26. The molecular weight excluding hydrogens is 293 g/mol. The lowest BCUT2D eigenvalue weighted by molar-refractivity contribution is 0.0952. The fraction of sp³-hybridized carbons (Fsp3) is 0.231. The highest BCUT2D eigenvalue weighted by Crippen LogP contribution is 2.13. The number of nitrogens with one attached hydrogen (secondary N) is 1.